The molecule has 0 saturated carbocycles. The molecular formula is C8H10F3N3O. The first-order valence-electron chi connectivity index (χ1n) is 4.07. The monoisotopic (exact) mass is 221 g/mol. The van der Waals surface area contributed by atoms with Crippen LogP contribution in [0.25, 0.3) is 0 Å². The van der Waals surface area contributed by atoms with Gasteiger partial charge in [-0.05, 0) is 13.8 Å². The fraction of sp³-hybridized carbons (Fsp3) is 0.500. The van der Waals surface area contributed by atoms with Gasteiger partial charge in [0.25, 0.3) is 0 Å². The molecule has 0 saturated heterocycles. The van der Waals surface area contributed by atoms with Gasteiger partial charge in [0, 0.05) is 6.20 Å². The highest BCUT2D eigenvalue weighted by atomic mass is 19.4. The van der Waals surface area contributed by atoms with E-state index in [4.69, 9.17) is 5.21 Å². The molecule has 0 aromatic carbocycles. The Labute approximate surface area is 84.0 Å². The van der Waals surface area contributed by atoms with Crippen molar-refractivity contribution in [1.82, 2.24) is 9.55 Å². The van der Waals surface area contributed by atoms with Crippen molar-refractivity contribution in [3.63, 3.8) is 0 Å². The third kappa shape index (κ3) is 2.48. The quantitative estimate of drug-likeness (QED) is 0.472. The summed E-state index contributed by atoms with van der Waals surface area (Å²) >= 11 is 0. The van der Waals surface area contributed by atoms with Gasteiger partial charge in [0.15, 0.2) is 5.69 Å². The van der Waals surface area contributed by atoms with Crippen molar-refractivity contribution in [2.24, 2.45) is 5.16 Å². The van der Waals surface area contributed by atoms with E-state index >= 15 is 0 Å². The second kappa shape index (κ2) is 3.56. The molecule has 0 fully saturated rings. The molecule has 0 aliphatic carbocycles. The number of imidazole rings is 1. The van der Waals surface area contributed by atoms with Crippen LogP contribution in [0.3, 0.4) is 0 Å². The molecular weight excluding hydrogens is 211 g/mol. The number of aromatic nitrogens is 2. The molecule has 0 atom stereocenters. The van der Waals surface area contributed by atoms with Gasteiger partial charge in [0.1, 0.15) is 0 Å². The first-order valence-corrected chi connectivity index (χ1v) is 4.07. The summed E-state index contributed by atoms with van der Waals surface area (Å²) in [6.07, 6.45) is -1.43. The average molecular weight is 221 g/mol. The Morgan fingerprint density at radius 1 is 1.47 bits per heavy atom. The van der Waals surface area contributed by atoms with Crippen LogP contribution in [-0.4, -0.2) is 21.0 Å². The van der Waals surface area contributed by atoms with Gasteiger partial charge in [0.2, 0.25) is 0 Å². The molecule has 84 valence electrons. The Morgan fingerprint density at radius 2 is 2.07 bits per heavy atom. The van der Waals surface area contributed by atoms with Crippen molar-refractivity contribution in [1.29, 1.82) is 0 Å². The maximum Gasteiger partial charge on any atom is 0.434 e. The topological polar surface area (TPSA) is 50.4 Å². The van der Waals surface area contributed by atoms with Crippen LogP contribution in [0.15, 0.2) is 17.7 Å². The summed E-state index contributed by atoms with van der Waals surface area (Å²) in [6.45, 7) is 3.18. The normalized spacial score (nSPS) is 13.7. The van der Waals surface area contributed by atoms with Gasteiger partial charge in [-0.2, -0.15) is 13.2 Å². The van der Waals surface area contributed by atoms with Crippen LogP contribution in [0.2, 0.25) is 0 Å². The lowest BCUT2D eigenvalue weighted by atomic mass is 10.1. The van der Waals surface area contributed by atoms with Crippen molar-refractivity contribution >= 4 is 6.21 Å². The second-order valence-electron chi connectivity index (χ2n) is 3.56. The van der Waals surface area contributed by atoms with Gasteiger partial charge in [0.05, 0.1) is 18.1 Å². The SMILES string of the molecule is CC(C)(C=NO)n1cnc(C(F)(F)F)c1. The first-order chi connectivity index (χ1) is 6.77. The molecule has 7 heteroatoms. The summed E-state index contributed by atoms with van der Waals surface area (Å²) in [5, 5.41) is 11.1. The zero-order chi connectivity index (χ0) is 11.7. The Hall–Kier alpha value is -1.53. The first kappa shape index (κ1) is 11.5. The number of nitrogens with zero attached hydrogens (tertiary/aromatic N) is 3. The van der Waals surface area contributed by atoms with Crippen molar-refractivity contribution in [3.8, 4) is 0 Å². The van der Waals surface area contributed by atoms with Crippen molar-refractivity contribution in [3.05, 3.63) is 18.2 Å². The van der Waals surface area contributed by atoms with Crippen LogP contribution < -0.4 is 0 Å². The summed E-state index contributed by atoms with van der Waals surface area (Å²) in [6, 6.07) is 0. The lowest BCUT2D eigenvalue weighted by Crippen LogP contribution is -2.26. The van der Waals surface area contributed by atoms with E-state index in [-0.39, 0.29) is 0 Å². The maximum absolute atomic E-state index is 12.2. The summed E-state index contributed by atoms with van der Waals surface area (Å²) in [5.41, 5.74) is -1.83. The van der Waals surface area contributed by atoms with Gasteiger partial charge < -0.3 is 9.77 Å². The van der Waals surface area contributed by atoms with Crippen molar-refractivity contribution in [2.45, 2.75) is 25.6 Å². The Morgan fingerprint density at radius 3 is 2.47 bits per heavy atom. The van der Waals surface area contributed by atoms with Gasteiger partial charge in [-0.1, -0.05) is 5.16 Å². The fourth-order valence-corrected chi connectivity index (χ4v) is 0.992. The minimum atomic E-state index is -4.46. The van der Waals surface area contributed by atoms with Crippen LogP contribution in [-0.2, 0) is 11.7 Å². The van der Waals surface area contributed by atoms with Crippen molar-refractivity contribution < 1.29 is 18.4 Å². The molecule has 1 aromatic rings. The Balaban J connectivity index is 3.04. The van der Waals surface area contributed by atoms with E-state index < -0.39 is 17.4 Å². The van der Waals surface area contributed by atoms with E-state index in [1.807, 2.05) is 0 Å². The highest BCUT2D eigenvalue weighted by molar-refractivity contribution is 5.66. The molecule has 1 N–H and O–H groups in total. The highest BCUT2D eigenvalue weighted by Gasteiger charge is 2.34. The molecule has 0 bridgehead atoms. The molecule has 4 nitrogen and oxygen atoms in total. The predicted molar refractivity (Wildman–Crippen MR) is 46.8 cm³/mol. The minimum Gasteiger partial charge on any atom is -0.411 e. The Kier molecular flexibility index (Phi) is 2.74. The number of rotatable bonds is 2. The van der Waals surface area contributed by atoms with Crippen LogP contribution >= 0.6 is 0 Å². The van der Waals surface area contributed by atoms with Gasteiger partial charge >= 0.3 is 6.18 Å². The molecule has 0 aliphatic heterocycles. The zero-order valence-corrected chi connectivity index (χ0v) is 8.15. The van der Waals surface area contributed by atoms with E-state index in [2.05, 4.69) is 10.1 Å². The number of hydrogen-bond acceptors (Lipinski definition) is 3. The van der Waals surface area contributed by atoms with E-state index in [9.17, 15) is 13.2 Å². The number of hydrogen-bond donors (Lipinski definition) is 1. The summed E-state index contributed by atoms with van der Waals surface area (Å²) in [4.78, 5) is 3.23. The van der Waals surface area contributed by atoms with Crippen LogP contribution in [0.1, 0.15) is 19.5 Å². The largest absolute Gasteiger partial charge is 0.434 e. The molecule has 0 aliphatic rings. The standard InChI is InChI=1S/C8H10F3N3O/c1-7(2,4-13-15)14-3-6(12-5-14)8(9,10)11/h3-5,15H,1-2H3. The van der Waals surface area contributed by atoms with Crippen LogP contribution in [0.4, 0.5) is 13.2 Å². The highest BCUT2D eigenvalue weighted by Crippen LogP contribution is 2.28. The van der Waals surface area contributed by atoms with E-state index in [1.54, 1.807) is 13.8 Å². The summed E-state index contributed by atoms with van der Waals surface area (Å²) < 4.78 is 37.9. The molecule has 0 unspecified atom stereocenters. The average Bonchev–Trinajstić information content (AvgIpc) is 2.50. The minimum absolute atomic E-state index is 0.856. The summed E-state index contributed by atoms with van der Waals surface area (Å²) in [5.74, 6) is 0. The maximum atomic E-state index is 12.2. The third-order valence-electron chi connectivity index (χ3n) is 1.91. The molecule has 1 heterocycles. The molecule has 1 rings (SSSR count). The van der Waals surface area contributed by atoms with E-state index in [0.29, 0.717) is 0 Å². The molecule has 0 radical (unpaired) electrons. The third-order valence-corrected chi connectivity index (χ3v) is 1.91. The zero-order valence-electron chi connectivity index (χ0n) is 8.15. The fourth-order valence-electron chi connectivity index (χ4n) is 0.992. The molecule has 0 amide bonds. The number of alkyl halides is 3. The number of halogens is 3. The molecule has 15 heavy (non-hydrogen) atoms. The lowest BCUT2D eigenvalue weighted by Gasteiger charge is -2.19. The van der Waals surface area contributed by atoms with Gasteiger partial charge in [-0.15, -0.1) is 0 Å². The summed E-state index contributed by atoms with van der Waals surface area (Å²) in [7, 11) is 0. The van der Waals surface area contributed by atoms with Crippen molar-refractivity contribution in [2.75, 3.05) is 0 Å². The lowest BCUT2D eigenvalue weighted by molar-refractivity contribution is -0.141. The van der Waals surface area contributed by atoms with E-state index in [1.165, 1.54) is 4.57 Å². The predicted octanol–water partition coefficient (Wildman–Crippen LogP) is 2.10. The van der Waals surface area contributed by atoms with E-state index in [0.717, 1.165) is 18.7 Å². The van der Waals surface area contributed by atoms with Crippen LogP contribution in [0.5, 0.6) is 0 Å². The molecule has 0 spiro atoms. The smallest absolute Gasteiger partial charge is 0.411 e. The van der Waals surface area contributed by atoms with Crippen LogP contribution in [0, 0.1) is 0 Å². The van der Waals surface area contributed by atoms with Gasteiger partial charge in [-0.3, -0.25) is 0 Å². The number of oxime groups is 1. The molecule has 1 aromatic heterocycles. The second-order valence-corrected chi connectivity index (χ2v) is 3.56. The van der Waals surface area contributed by atoms with Gasteiger partial charge in [-0.25, -0.2) is 4.98 Å². The Bertz CT molecular complexity index is 367.